The van der Waals surface area contributed by atoms with Gasteiger partial charge in [-0.05, 0) is 43.9 Å². The van der Waals surface area contributed by atoms with Crippen molar-refractivity contribution in [1.82, 2.24) is 10.6 Å². The van der Waals surface area contributed by atoms with Crippen molar-refractivity contribution in [3.05, 3.63) is 35.4 Å². The molecule has 1 aromatic carbocycles. The number of carbonyl (C=O) groups is 2. The molecule has 0 aliphatic heterocycles. The summed E-state index contributed by atoms with van der Waals surface area (Å²) in [7, 11) is 0. The molecule has 1 aliphatic rings. The van der Waals surface area contributed by atoms with Gasteiger partial charge in [-0.1, -0.05) is 25.5 Å². The van der Waals surface area contributed by atoms with Crippen LogP contribution in [0.3, 0.4) is 0 Å². The molecule has 2 rings (SSSR count). The van der Waals surface area contributed by atoms with Gasteiger partial charge >= 0.3 is 0 Å². The third kappa shape index (κ3) is 4.31. The first-order valence-corrected chi connectivity index (χ1v) is 7.77. The molecule has 2 amide bonds. The number of amides is 2. The molecule has 0 heterocycles. The second-order valence-corrected chi connectivity index (χ2v) is 5.83. The van der Waals surface area contributed by atoms with Crippen molar-refractivity contribution in [3.63, 3.8) is 0 Å². The fraction of sp³-hybridized carbons (Fsp3) is 0.529. The van der Waals surface area contributed by atoms with Gasteiger partial charge in [-0.2, -0.15) is 0 Å². The lowest BCUT2D eigenvalue weighted by atomic mass is 9.85. The van der Waals surface area contributed by atoms with Gasteiger partial charge in [-0.15, -0.1) is 0 Å². The zero-order valence-corrected chi connectivity index (χ0v) is 12.8. The van der Waals surface area contributed by atoms with Crippen molar-refractivity contribution in [2.75, 3.05) is 0 Å². The summed E-state index contributed by atoms with van der Waals surface area (Å²) in [6, 6.07) is 7.59. The minimum Gasteiger partial charge on any atom is -0.352 e. The highest BCUT2D eigenvalue weighted by atomic mass is 16.2. The van der Waals surface area contributed by atoms with Crippen molar-refractivity contribution in [2.24, 2.45) is 5.92 Å². The van der Waals surface area contributed by atoms with Crippen LogP contribution in [-0.4, -0.2) is 17.9 Å². The summed E-state index contributed by atoms with van der Waals surface area (Å²) in [5.74, 6) is 0.319. The zero-order chi connectivity index (χ0) is 15.2. The Labute approximate surface area is 126 Å². The third-order valence-electron chi connectivity index (χ3n) is 4.15. The van der Waals surface area contributed by atoms with Gasteiger partial charge in [0, 0.05) is 24.1 Å². The van der Waals surface area contributed by atoms with Crippen LogP contribution in [0.4, 0.5) is 0 Å². The Morgan fingerprint density at radius 1 is 1.24 bits per heavy atom. The van der Waals surface area contributed by atoms with Crippen molar-refractivity contribution < 1.29 is 9.59 Å². The van der Waals surface area contributed by atoms with Crippen LogP contribution < -0.4 is 10.6 Å². The number of rotatable bonds is 6. The van der Waals surface area contributed by atoms with Crippen molar-refractivity contribution in [3.8, 4) is 0 Å². The molecule has 0 aromatic heterocycles. The minimum absolute atomic E-state index is 0.0468. The molecule has 1 aliphatic carbocycles. The van der Waals surface area contributed by atoms with E-state index < -0.39 is 0 Å². The van der Waals surface area contributed by atoms with Gasteiger partial charge in [-0.25, -0.2) is 0 Å². The molecule has 114 valence electrons. The predicted octanol–water partition coefficient (Wildman–Crippen LogP) is 2.63. The molecule has 0 bridgehead atoms. The van der Waals surface area contributed by atoms with E-state index in [9.17, 15) is 9.59 Å². The van der Waals surface area contributed by atoms with E-state index in [1.165, 1.54) is 0 Å². The van der Waals surface area contributed by atoms with Gasteiger partial charge in [0.15, 0.2) is 0 Å². The van der Waals surface area contributed by atoms with Crippen LogP contribution in [0.5, 0.6) is 0 Å². The summed E-state index contributed by atoms with van der Waals surface area (Å²) in [5, 5.41) is 5.89. The van der Waals surface area contributed by atoms with Crippen LogP contribution in [0, 0.1) is 5.92 Å². The highest BCUT2D eigenvalue weighted by Gasteiger charge is 2.24. The summed E-state index contributed by atoms with van der Waals surface area (Å²) >= 11 is 0. The predicted molar refractivity (Wildman–Crippen MR) is 82.8 cm³/mol. The first-order valence-electron chi connectivity index (χ1n) is 7.77. The molecule has 2 N–H and O–H groups in total. The lowest BCUT2D eigenvalue weighted by Gasteiger charge is -2.24. The van der Waals surface area contributed by atoms with Crippen LogP contribution in [0.15, 0.2) is 24.3 Å². The standard InChI is InChI=1S/C17H24N2O2/c1-3-12(2)19-17(21)15-9-7-13(8-10-15)11-18-16(20)14-5-4-6-14/h7-10,12,14H,3-6,11H2,1-2H3,(H,18,20)(H,19,21)/t12-/m1/s1. The average molecular weight is 288 g/mol. The van der Waals surface area contributed by atoms with Crippen LogP contribution >= 0.6 is 0 Å². The molecule has 1 fully saturated rings. The van der Waals surface area contributed by atoms with Crippen LogP contribution in [-0.2, 0) is 11.3 Å². The highest BCUT2D eigenvalue weighted by molar-refractivity contribution is 5.94. The Hall–Kier alpha value is -1.84. The van der Waals surface area contributed by atoms with E-state index in [4.69, 9.17) is 0 Å². The second kappa shape index (κ2) is 7.25. The van der Waals surface area contributed by atoms with E-state index in [0.29, 0.717) is 12.1 Å². The fourth-order valence-electron chi connectivity index (χ4n) is 2.19. The molecule has 1 saturated carbocycles. The number of benzene rings is 1. The van der Waals surface area contributed by atoms with Crippen LogP contribution in [0.25, 0.3) is 0 Å². The monoisotopic (exact) mass is 288 g/mol. The number of carbonyl (C=O) groups excluding carboxylic acids is 2. The summed E-state index contributed by atoms with van der Waals surface area (Å²) in [6.07, 6.45) is 4.11. The van der Waals surface area contributed by atoms with Gasteiger partial charge in [0.1, 0.15) is 0 Å². The van der Waals surface area contributed by atoms with E-state index in [-0.39, 0.29) is 23.8 Å². The Morgan fingerprint density at radius 3 is 2.43 bits per heavy atom. The van der Waals surface area contributed by atoms with Crippen molar-refractivity contribution in [2.45, 2.75) is 52.1 Å². The van der Waals surface area contributed by atoms with Gasteiger partial charge in [0.25, 0.3) is 5.91 Å². The first-order chi connectivity index (χ1) is 10.1. The Kier molecular flexibility index (Phi) is 5.37. The maximum Gasteiger partial charge on any atom is 0.251 e. The Balaban J connectivity index is 1.83. The molecule has 0 spiro atoms. The average Bonchev–Trinajstić information content (AvgIpc) is 2.43. The summed E-state index contributed by atoms with van der Waals surface area (Å²) in [6.45, 7) is 4.56. The molecule has 21 heavy (non-hydrogen) atoms. The molecule has 0 radical (unpaired) electrons. The molecule has 1 atom stereocenters. The normalized spacial score (nSPS) is 15.9. The number of hydrogen-bond acceptors (Lipinski definition) is 2. The van der Waals surface area contributed by atoms with Crippen molar-refractivity contribution in [1.29, 1.82) is 0 Å². The SMILES string of the molecule is CC[C@@H](C)NC(=O)c1ccc(CNC(=O)C2CCC2)cc1. The van der Waals surface area contributed by atoms with E-state index in [1.54, 1.807) is 0 Å². The molecule has 4 nitrogen and oxygen atoms in total. The Bertz CT molecular complexity index is 492. The zero-order valence-electron chi connectivity index (χ0n) is 12.8. The highest BCUT2D eigenvalue weighted by Crippen LogP contribution is 2.26. The maximum absolute atomic E-state index is 11.9. The van der Waals surface area contributed by atoms with Gasteiger partial charge < -0.3 is 10.6 Å². The molecular formula is C17H24N2O2. The summed E-state index contributed by atoms with van der Waals surface area (Å²) in [4.78, 5) is 23.7. The molecule has 0 saturated heterocycles. The molecular weight excluding hydrogens is 264 g/mol. The Morgan fingerprint density at radius 2 is 1.90 bits per heavy atom. The fourth-order valence-corrected chi connectivity index (χ4v) is 2.19. The molecule has 4 heteroatoms. The molecule has 1 aromatic rings. The number of hydrogen-bond donors (Lipinski definition) is 2. The topological polar surface area (TPSA) is 58.2 Å². The van der Waals surface area contributed by atoms with Crippen LogP contribution in [0.1, 0.15) is 55.5 Å². The minimum atomic E-state index is -0.0468. The van der Waals surface area contributed by atoms with E-state index >= 15 is 0 Å². The smallest absolute Gasteiger partial charge is 0.251 e. The number of nitrogens with one attached hydrogen (secondary N) is 2. The molecule has 0 unspecified atom stereocenters. The van der Waals surface area contributed by atoms with Crippen LogP contribution in [0.2, 0.25) is 0 Å². The van der Waals surface area contributed by atoms with Gasteiger partial charge in [0.2, 0.25) is 5.91 Å². The summed E-state index contributed by atoms with van der Waals surface area (Å²) in [5.41, 5.74) is 1.67. The second-order valence-electron chi connectivity index (χ2n) is 5.83. The van der Waals surface area contributed by atoms with Crippen molar-refractivity contribution >= 4 is 11.8 Å². The quantitative estimate of drug-likeness (QED) is 0.845. The maximum atomic E-state index is 11.9. The van der Waals surface area contributed by atoms with E-state index in [2.05, 4.69) is 10.6 Å². The van der Waals surface area contributed by atoms with Gasteiger partial charge in [-0.3, -0.25) is 9.59 Å². The lowest BCUT2D eigenvalue weighted by Crippen LogP contribution is -2.34. The van der Waals surface area contributed by atoms with E-state index in [1.807, 2.05) is 38.1 Å². The first kappa shape index (κ1) is 15.5. The summed E-state index contributed by atoms with van der Waals surface area (Å²) < 4.78 is 0. The third-order valence-corrected chi connectivity index (χ3v) is 4.15. The lowest BCUT2D eigenvalue weighted by molar-refractivity contribution is -0.127. The van der Waals surface area contributed by atoms with Gasteiger partial charge in [0.05, 0.1) is 0 Å². The largest absolute Gasteiger partial charge is 0.352 e. The van der Waals surface area contributed by atoms with E-state index in [0.717, 1.165) is 31.2 Å².